The number of fused-ring (bicyclic) bond motifs is 1. The van der Waals surface area contributed by atoms with Gasteiger partial charge in [0.1, 0.15) is 17.9 Å². The Morgan fingerprint density at radius 3 is 2.79 bits per heavy atom. The van der Waals surface area contributed by atoms with Gasteiger partial charge in [-0.15, -0.1) is 0 Å². The number of thioether (sulfide) groups is 1. The Balaban J connectivity index is 1.78. The predicted octanol–water partition coefficient (Wildman–Crippen LogP) is 3.85. The first-order valence-corrected chi connectivity index (χ1v) is 10.9. The summed E-state index contributed by atoms with van der Waals surface area (Å²) in [5.74, 6) is -1.93. The Morgan fingerprint density at radius 1 is 1.27 bits per heavy atom. The van der Waals surface area contributed by atoms with Crippen LogP contribution in [0, 0.1) is 28.9 Å². The zero-order chi connectivity index (χ0) is 23.8. The maximum Gasteiger partial charge on any atom is 0.164 e. The van der Waals surface area contributed by atoms with Crippen molar-refractivity contribution in [1.29, 1.82) is 5.26 Å². The van der Waals surface area contributed by atoms with Crippen LogP contribution in [0.5, 0.6) is 0 Å². The molecule has 3 N–H and O–H groups in total. The summed E-state index contributed by atoms with van der Waals surface area (Å²) in [5.41, 5.74) is 6.44. The number of aliphatic imine (C=N–C) groups is 1. The standard InChI is InChI=1S/C22H21F2N7OS/c1-11-17(9-32-3)33-21(26)31-22(11,2)14-5-13(6-15(23)18(14)24)30-20-19-16(28-10-29-20)4-12(7-25)8-27-19/h4-6,8,10-11,17H,9H2,1-3H3,(H2,26,31)(H,28,29,30)/t11-,17-,22+/m1/s1. The van der Waals surface area contributed by atoms with Crippen LogP contribution >= 0.6 is 11.8 Å². The normalized spacial score (nSPS) is 22.6. The minimum absolute atomic E-state index is 0.0694. The first-order valence-electron chi connectivity index (χ1n) is 10.0. The van der Waals surface area contributed by atoms with Gasteiger partial charge in [-0.2, -0.15) is 5.26 Å². The summed E-state index contributed by atoms with van der Waals surface area (Å²) in [4.78, 5) is 17.1. The molecule has 0 aliphatic carbocycles. The number of nitriles is 1. The fraction of sp³-hybridized carbons (Fsp3) is 0.318. The van der Waals surface area contributed by atoms with E-state index in [4.69, 9.17) is 15.7 Å². The van der Waals surface area contributed by atoms with Crippen LogP contribution in [0.3, 0.4) is 0 Å². The Kier molecular flexibility index (Phi) is 6.14. The average molecular weight is 470 g/mol. The molecule has 8 nitrogen and oxygen atoms in total. The summed E-state index contributed by atoms with van der Waals surface area (Å²) in [6, 6.07) is 6.12. The van der Waals surface area contributed by atoms with E-state index in [-0.39, 0.29) is 27.6 Å². The highest BCUT2D eigenvalue weighted by Crippen LogP contribution is 2.45. The van der Waals surface area contributed by atoms with Crippen LogP contribution in [0.4, 0.5) is 20.3 Å². The first-order chi connectivity index (χ1) is 15.8. The first kappa shape index (κ1) is 22.8. The molecule has 2 aromatic heterocycles. The lowest BCUT2D eigenvalue weighted by molar-refractivity contribution is 0.164. The van der Waals surface area contributed by atoms with E-state index < -0.39 is 17.2 Å². The molecular formula is C22H21F2N7OS. The van der Waals surface area contributed by atoms with E-state index >= 15 is 4.39 Å². The number of rotatable bonds is 5. The van der Waals surface area contributed by atoms with Crippen molar-refractivity contribution in [3.8, 4) is 6.07 Å². The monoisotopic (exact) mass is 469 g/mol. The van der Waals surface area contributed by atoms with Gasteiger partial charge in [0.25, 0.3) is 0 Å². The zero-order valence-corrected chi connectivity index (χ0v) is 19.0. The fourth-order valence-electron chi connectivity index (χ4n) is 3.89. The van der Waals surface area contributed by atoms with Gasteiger partial charge in [-0.3, -0.25) is 4.99 Å². The summed E-state index contributed by atoms with van der Waals surface area (Å²) < 4.78 is 35.1. The molecule has 0 saturated carbocycles. The topological polar surface area (TPSA) is 122 Å². The second-order valence-electron chi connectivity index (χ2n) is 7.87. The van der Waals surface area contributed by atoms with Gasteiger partial charge >= 0.3 is 0 Å². The molecule has 0 saturated heterocycles. The maximum absolute atomic E-state index is 15.1. The Hall–Kier alpha value is -3.36. The van der Waals surface area contributed by atoms with Gasteiger partial charge in [0.15, 0.2) is 22.6 Å². The van der Waals surface area contributed by atoms with E-state index in [1.165, 1.54) is 30.4 Å². The zero-order valence-electron chi connectivity index (χ0n) is 18.1. The number of benzene rings is 1. The molecule has 1 aliphatic rings. The number of amidine groups is 1. The van der Waals surface area contributed by atoms with Gasteiger partial charge in [0.05, 0.1) is 23.2 Å². The lowest BCUT2D eigenvalue weighted by Crippen LogP contribution is -2.43. The number of ether oxygens (including phenoxy) is 1. The number of nitrogens with zero attached hydrogens (tertiary/aromatic N) is 5. The van der Waals surface area contributed by atoms with Crippen LogP contribution in [0.15, 0.2) is 35.7 Å². The number of hydrogen-bond donors (Lipinski definition) is 2. The number of hydrogen-bond acceptors (Lipinski definition) is 9. The van der Waals surface area contributed by atoms with E-state index in [2.05, 4.69) is 25.3 Å². The number of methoxy groups -OCH3 is 1. The van der Waals surface area contributed by atoms with Crippen LogP contribution in [0.2, 0.25) is 0 Å². The van der Waals surface area contributed by atoms with Crippen molar-refractivity contribution < 1.29 is 13.5 Å². The molecule has 33 heavy (non-hydrogen) atoms. The summed E-state index contributed by atoms with van der Waals surface area (Å²) in [5, 5.41) is 12.3. The van der Waals surface area contributed by atoms with Gasteiger partial charge in [-0.05, 0) is 25.0 Å². The van der Waals surface area contributed by atoms with Crippen molar-refractivity contribution in [2.45, 2.75) is 24.6 Å². The molecule has 3 atom stereocenters. The molecule has 0 bridgehead atoms. The minimum Gasteiger partial charge on any atom is -0.384 e. The lowest BCUT2D eigenvalue weighted by Gasteiger charge is -2.41. The number of nitrogens with two attached hydrogens (primary N) is 1. The smallest absolute Gasteiger partial charge is 0.164 e. The molecule has 3 heterocycles. The molecule has 170 valence electrons. The fourth-order valence-corrected chi connectivity index (χ4v) is 5.11. The van der Waals surface area contributed by atoms with E-state index in [1.54, 1.807) is 20.1 Å². The number of pyridine rings is 1. The predicted molar refractivity (Wildman–Crippen MR) is 123 cm³/mol. The van der Waals surface area contributed by atoms with E-state index in [1.807, 2.05) is 13.0 Å². The molecule has 0 amide bonds. The molecule has 0 unspecified atom stereocenters. The van der Waals surface area contributed by atoms with Crippen LogP contribution in [0.1, 0.15) is 25.0 Å². The Bertz CT molecular complexity index is 1300. The van der Waals surface area contributed by atoms with Crippen LogP contribution in [-0.4, -0.2) is 39.1 Å². The number of anilines is 2. The maximum atomic E-state index is 15.1. The molecule has 0 fully saturated rings. The van der Waals surface area contributed by atoms with Gasteiger partial charge in [0.2, 0.25) is 0 Å². The Morgan fingerprint density at radius 2 is 2.06 bits per heavy atom. The SMILES string of the molecule is COC[C@H]1SC(N)=N[C@](C)(c2cc(Nc3ncnc4cc(C#N)cnc34)cc(F)c2F)[C@@H]1C. The molecule has 1 aliphatic heterocycles. The molecule has 0 spiro atoms. The van der Waals surface area contributed by atoms with E-state index in [9.17, 15) is 4.39 Å². The van der Waals surface area contributed by atoms with E-state index in [0.29, 0.717) is 29.0 Å². The summed E-state index contributed by atoms with van der Waals surface area (Å²) >= 11 is 1.36. The molecule has 0 radical (unpaired) electrons. The van der Waals surface area contributed by atoms with Gasteiger partial charge in [-0.25, -0.2) is 23.7 Å². The third kappa shape index (κ3) is 4.19. The molecule has 11 heteroatoms. The van der Waals surface area contributed by atoms with Gasteiger partial charge < -0.3 is 15.8 Å². The molecule has 1 aromatic carbocycles. The second-order valence-corrected chi connectivity index (χ2v) is 9.13. The Labute approximate surface area is 193 Å². The van der Waals surface area contributed by atoms with Crippen LogP contribution in [0.25, 0.3) is 11.0 Å². The quantitative estimate of drug-likeness (QED) is 0.578. The highest BCUT2D eigenvalue weighted by atomic mass is 32.2. The number of nitrogens with one attached hydrogen (secondary N) is 1. The van der Waals surface area contributed by atoms with Crippen molar-refractivity contribution in [1.82, 2.24) is 15.0 Å². The average Bonchev–Trinajstić information content (AvgIpc) is 2.79. The highest BCUT2D eigenvalue weighted by Gasteiger charge is 2.44. The van der Waals surface area contributed by atoms with E-state index in [0.717, 1.165) is 6.07 Å². The van der Waals surface area contributed by atoms with Crippen LogP contribution in [-0.2, 0) is 10.3 Å². The summed E-state index contributed by atoms with van der Waals surface area (Å²) in [6.45, 7) is 4.04. The third-order valence-corrected chi connectivity index (χ3v) is 7.01. The summed E-state index contributed by atoms with van der Waals surface area (Å²) in [7, 11) is 1.58. The lowest BCUT2D eigenvalue weighted by atomic mass is 9.78. The van der Waals surface area contributed by atoms with Gasteiger partial charge in [0, 0.05) is 35.9 Å². The molecular weight excluding hydrogens is 448 g/mol. The van der Waals surface area contributed by atoms with Crippen molar-refractivity contribution in [2.75, 3.05) is 19.0 Å². The largest absolute Gasteiger partial charge is 0.384 e. The van der Waals surface area contributed by atoms with Crippen molar-refractivity contribution in [3.63, 3.8) is 0 Å². The minimum atomic E-state index is -1.12. The number of halogens is 2. The van der Waals surface area contributed by atoms with Crippen molar-refractivity contribution in [3.05, 3.63) is 53.5 Å². The van der Waals surface area contributed by atoms with Crippen LogP contribution < -0.4 is 11.1 Å². The second kappa shape index (κ2) is 8.88. The number of aromatic nitrogens is 3. The van der Waals surface area contributed by atoms with Gasteiger partial charge in [-0.1, -0.05) is 18.7 Å². The molecule has 3 aromatic rings. The molecule has 4 rings (SSSR count). The van der Waals surface area contributed by atoms with Crippen molar-refractivity contribution >= 4 is 39.5 Å². The third-order valence-electron chi connectivity index (χ3n) is 5.83. The van der Waals surface area contributed by atoms with Crippen molar-refractivity contribution in [2.24, 2.45) is 16.6 Å². The summed E-state index contributed by atoms with van der Waals surface area (Å²) in [6.07, 6.45) is 2.69. The highest BCUT2D eigenvalue weighted by molar-refractivity contribution is 8.14.